The van der Waals surface area contributed by atoms with E-state index in [0.717, 1.165) is 19.5 Å². The molecule has 11 heavy (non-hydrogen) atoms. The van der Waals surface area contributed by atoms with Crippen LogP contribution >= 0.6 is 0 Å². The first-order valence-electron chi connectivity index (χ1n) is 4.51. The van der Waals surface area contributed by atoms with Gasteiger partial charge < -0.3 is 10.4 Å². The summed E-state index contributed by atoms with van der Waals surface area (Å²) in [5.74, 6) is 0.684. The van der Waals surface area contributed by atoms with Crippen molar-refractivity contribution in [1.29, 1.82) is 0 Å². The number of aliphatic hydroxyl groups is 1. The van der Waals surface area contributed by atoms with Crippen LogP contribution in [0.5, 0.6) is 0 Å². The number of hydrogen-bond acceptors (Lipinski definition) is 2. The summed E-state index contributed by atoms with van der Waals surface area (Å²) in [5, 5.41) is 12.9. The Morgan fingerprint density at radius 2 is 2.27 bits per heavy atom. The van der Waals surface area contributed by atoms with Crippen molar-refractivity contribution in [1.82, 2.24) is 5.32 Å². The average Bonchev–Trinajstić information content (AvgIpc) is 1.85. The van der Waals surface area contributed by atoms with E-state index in [4.69, 9.17) is 0 Å². The van der Waals surface area contributed by atoms with Crippen molar-refractivity contribution in [2.45, 2.75) is 38.7 Å². The van der Waals surface area contributed by atoms with Gasteiger partial charge in [-0.3, -0.25) is 0 Å². The molecular formula is C9H19NO. The van der Waals surface area contributed by atoms with E-state index in [-0.39, 0.29) is 0 Å². The average molecular weight is 157 g/mol. The van der Waals surface area contributed by atoms with Gasteiger partial charge in [0, 0.05) is 0 Å². The second-order valence-corrected chi connectivity index (χ2v) is 4.23. The van der Waals surface area contributed by atoms with Crippen LogP contribution in [0.1, 0.15) is 33.1 Å². The Kier molecular flexibility index (Phi) is 2.90. The third kappa shape index (κ3) is 3.73. The third-order valence-electron chi connectivity index (χ3n) is 2.19. The van der Waals surface area contributed by atoms with Gasteiger partial charge in [-0.15, -0.1) is 0 Å². The molecule has 0 aromatic rings. The molecule has 0 amide bonds. The summed E-state index contributed by atoms with van der Waals surface area (Å²) in [6.45, 7) is 6.02. The highest BCUT2D eigenvalue weighted by atomic mass is 16.3. The van der Waals surface area contributed by atoms with E-state index in [2.05, 4.69) is 5.32 Å². The lowest BCUT2D eigenvalue weighted by atomic mass is 9.88. The van der Waals surface area contributed by atoms with E-state index >= 15 is 0 Å². The highest BCUT2D eigenvalue weighted by Crippen LogP contribution is 2.21. The van der Waals surface area contributed by atoms with Gasteiger partial charge in [-0.2, -0.15) is 0 Å². The molecule has 1 heterocycles. The Morgan fingerprint density at radius 3 is 2.73 bits per heavy atom. The maximum atomic E-state index is 9.54. The first kappa shape index (κ1) is 9.01. The second-order valence-electron chi connectivity index (χ2n) is 4.23. The normalized spacial score (nSPS) is 27.0. The van der Waals surface area contributed by atoms with Crippen LogP contribution in [0, 0.1) is 5.92 Å². The van der Waals surface area contributed by atoms with Crippen LogP contribution in [0.25, 0.3) is 0 Å². The van der Waals surface area contributed by atoms with Gasteiger partial charge in [0.15, 0.2) is 0 Å². The molecule has 0 saturated carbocycles. The molecule has 0 aromatic carbocycles. The Bertz CT molecular complexity index is 111. The van der Waals surface area contributed by atoms with Crippen LogP contribution in [0.2, 0.25) is 0 Å². The van der Waals surface area contributed by atoms with E-state index in [1.807, 2.05) is 13.8 Å². The molecule has 0 unspecified atom stereocenters. The minimum Gasteiger partial charge on any atom is -0.390 e. The van der Waals surface area contributed by atoms with Crippen molar-refractivity contribution in [3.63, 3.8) is 0 Å². The molecular weight excluding hydrogens is 138 g/mol. The van der Waals surface area contributed by atoms with Crippen LogP contribution in [-0.4, -0.2) is 23.8 Å². The van der Waals surface area contributed by atoms with Crippen LogP contribution < -0.4 is 5.32 Å². The molecule has 1 rings (SSSR count). The Balaban J connectivity index is 2.24. The SMILES string of the molecule is CC(C)(O)C[C@H]1CCCNC1. The predicted octanol–water partition coefficient (Wildman–Crippen LogP) is 1.15. The van der Waals surface area contributed by atoms with Gasteiger partial charge in [-0.25, -0.2) is 0 Å². The summed E-state index contributed by atoms with van der Waals surface area (Å²) in [4.78, 5) is 0. The van der Waals surface area contributed by atoms with Crippen LogP contribution in [-0.2, 0) is 0 Å². The lowest BCUT2D eigenvalue weighted by molar-refractivity contribution is 0.0482. The van der Waals surface area contributed by atoms with Crippen molar-refractivity contribution in [3.8, 4) is 0 Å². The molecule has 1 aliphatic heterocycles. The number of piperidine rings is 1. The van der Waals surface area contributed by atoms with E-state index in [1.54, 1.807) is 0 Å². The van der Waals surface area contributed by atoms with Crippen molar-refractivity contribution in [2.24, 2.45) is 5.92 Å². The molecule has 0 aromatic heterocycles. The molecule has 2 N–H and O–H groups in total. The summed E-state index contributed by atoms with van der Waals surface area (Å²) in [6.07, 6.45) is 3.47. The number of hydrogen-bond donors (Lipinski definition) is 2. The minimum absolute atomic E-state index is 0.482. The van der Waals surface area contributed by atoms with Crippen LogP contribution in [0.15, 0.2) is 0 Å². The minimum atomic E-state index is -0.482. The van der Waals surface area contributed by atoms with Crippen molar-refractivity contribution in [3.05, 3.63) is 0 Å². The van der Waals surface area contributed by atoms with Crippen molar-refractivity contribution < 1.29 is 5.11 Å². The van der Waals surface area contributed by atoms with Crippen molar-refractivity contribution in [2.75, 3.05) is 13.1 Å². The van der Waals surface area contributed by atoms with Gasteiger partial charge in [-0.1, -0.05) is 0 Å². The molecule has 1 fully saturated rings. The van der Waals surface area contributed by atoms with E-state index < -0.39 is 5.60 Å². The zero-order valence-corrected chi connectivity index (χ0v) is 7.56. The number of nitrogens with one attached hydrogen (secondary N) is 1. The zero-order chi connectivity index (χ0) is 8.32. The van der Waals surface area contributed by atoms with Gasteiger partial charge in [0.25, 0.3) is 0 Å². The summed E-state index contributed by atoms with van der Waals surface area (Å²) in [5.41, 5.74) is -0.482. The topological polar surface area (TPSA) is 32.3 Å². The molecule has 1 atom stereocenters. The maximum Gasteiger partial charge on any atom is 0.0594 e. The highest BCUT2D eigenvalue weighted by molar-refractivity contribution is 4.76. The summed E-state index contributed by atoms with van der Waals surface area (Å²) in [7, 11) is 0. The molecule has 0 spiro atoms. The van der Waals surface area contributed by atoms with Crippen molar-refractivity contribution >= 4 is 0 Å². The monoisotopic (exact) mass is 157 g/mol. The standard InChI is InChI=1S/C9H19NO/c1-9(2,11)6-8-4-3-5-10-7-8/h8,10-11H,3-7H2,1-2H3/t8-/m1/s1. The lowest BCUT2D eigenvalue weighted by Gasteiger charge is -2.28. The Morgan fingerprint density at radius 1 is 1.55 bits per heavy atom. The zero-order valence-electron chi connectivity index (χ0n) is 7.56. The molecule has 1 saturated heterocycles. The van der Waals surface area contributed by atoms with E-state index in [1.165, 1.54) is 12.8 Å². The lowest BCUT2D eigenvalue weighted by Crippen LogP contribution is -2.34. The van der Waals surface area contributed by atoms with Crippen LogP contribution in [0.3, 0.4) is 0 Å². The second kappa shape index (κ2) is 3.55. The maximum absolute atomic E-state index is 9.54. The van der Waals surface area contributed by atoms with Gasteiger partial charge in [0.1, 0.15) is 0 Å². The van der Waals surface area contributed by atoms with E-state index in [9.17, 15) is 5.11 Å². The fourth-order valence-electron chi connectivity index (χ4n) is 1.80. The van der Waals surface area contributed by atoms with Gasteiger partial charge in [0.05, 0.1) is 5.60 Å². The smallest absolute Gasteiger partial charge is 0.0594 e. The van der Waals surface area contributed by atoms with E-state index in [0.29, 0.717) is 5.92 Å². The quantitative estimate of drug-likeness (QED) is 0.630. The largest absolute Gasteiger partial charge is 0.390 e. The van der Waals surface area contributed by atoms with Gasteiger partial charge in [0.2, 0.25) is 0 Å². The fraction of sp³-hybridized carbons (Fsp3) is 1.00. The molecule has 1 aliphatic rings. The van der Waals surface area contributed by atoms with Gasteiger partial charge in [-0.05, 0) is 52.1 Å². The van der Waals surface area contributed by atoms with Gasteiger partial charge >= 0.3 is 0 Å². The molecule has 0 radical (unpaired) electrons. The Hall–Kier alpha value is -0.0800. The molecule has 2 nitrogen and oxygen atoms in total. The molecule has 2 heteroatoms. The summed E-state index contributed by atoms with van der Waals surface area (Å²) < 4.78 is 0. The number of rotatable bonds is 2. The summed E-state index contributed by atoms with van der Waals surface area (Å²) in [6, 6.07) is 0. The third-order valence-corrected chi connectivity index (χ3v) is 2.19. The first-order valence-corrected chi connectivity index (χ1v) is 4.51. The molecule has 0 bridgehead atoms. The Labute approximate surface area is 69.0 Å². The highest BCUT2D eigenvalue weighted by Gasteiger charge is 2.21. The molecule has 0 aliphatic carbocycles. The first-order chi connectivity index (χ1) is 5.08. The predicted molar refractivity (Wildman–Crippen MR) is 46.5 cm³/mol. The van der Waals surface area contributed by atoms with Crippen LogP contribution in [0.4, 0.5) is 0 Å². The summed E-state index contributed by atoms with van der Waals surface area (Å²) >= 11 is 0. The fourth-order valence-corrected chi connectivity index (χ4v) is 1.80. The molecule has 66 valence electrons.